The second-order valence-corrected chi connectivity index (χ2v) is 4.86. The van der Waals surface area contributed by atoms with Gasteiger partial charge in [-0.2, -0.15) is 0 Å². The van der Waals surface area contributed by atoms with Gasteiger partial charge >= 0.3 is 4.87 Å². The maximum absolute atomic E-state index is 11.1. The van der Waals surface area contributed by atoms with Gasteiger partial charge in [0, 0.05) is 22.8 Å². The summed E-state index contributed by atoms with van der Waals surface area (Å²) < 4.78 is 1.92. The van der Waals surface area contributed by atoms with Crippen molar-refractivity contribution in [2.45, 2.75) is 6.54 Å². The fourth-order valence-corrected chi connectivity index (χ4v) is 2.45. The summed E-state index contributed by atoms with van der Waals surface area (Å²) in [6.45, 7) is 0.544. The van der Waals surface area contributed by atoms with Crippen LogP contribution in [0.2, 0.25) is 0 Å². The van der Waals surface area contributed by atoms with E-state index in [1.807, 2.05) is 16.7 Å². The molecule has 0 aromatic carbocycles. The van der Waals surface area contributed by atoms with Gasteiger partial charge in [-0.3, -0.25) is 4.79 Å². The van der Waals surface area contributed by atoms with Crippen molar-refractivity contribution in [1.29, 1.82) is 0 Å². The number of aromatic nitrogens is 4. The second-order valence-electron chi connectivity index (χ2n) is 4.02. The number of hydrogen-bond acceptors (Lipinski definition) is 5. The van der Waals surface area contributed by atoms with Gasteiger partial charge in [0.1, 0.15) is 5.82 Å². The fraction of sp³-hybridized carbons (Fsp3) is 0.0833. The van der Waals surface area contributed by atoms with Crippen LogP contribution in [0.5, 0.6) is 0 Å². The molecule has 0 bridgehead atoms. The Kier molecular flexibility index (Phi) is 2.88. The van der Waals surface area contributed by atoms with Crippen LogP contribution in [0.1, 0.15) is 5.69 Å². The van der Waals surface area contributed by atoms with Crippen molar-refractivity contribution in [3.8, 4) is 11.3 Å². The van der Waals surface area contributed by atoms with Crippen LogP contribution in [-0.2, 0) is 6.54 Å². The molecule has 0 spiro atoms. The summed E-state index contributed by atoms with van der Waals surface area (Å²) in [7, 11) is 0. The highest BCUT2D eigenvalue weighted by Crippen LogP contribution is 2.23. The Balaban J connectivity index is 1.99. The van der Waals surface area contributed by atoms with Gasteiger partial charge in [-0.15, -0.1) is 0 Å². The minimum Gasteiger partial charge on any atom is -0.383 e. The molecule has 0 aliphatic carbocycles. The quantitative estimate of drug-likeness (QED) is 0.753. The number of aromatic amines is 1. The van der Waals surface area contributed by atoms with E-state index in [1.165, 1.54) is 0 Å². The third-order valence-electron chi connectivity index (χ3n) is 2.74. The lowest BCUT2D eigenvalue weighted by molar-refractivity contribution is 0.783. The molecule has 0 amide bonds. The van der Waals surface area contributed by atoms with Crippen LogP contribution in [-0.4, -0.2) is 19.5 Å². The molecule has 6 nitrogen and oxygen atoms in total. The van der Waals surface area contributed by atoms with Crippen LogP contribution in [0, 0.1) is 0 Å². The zero-order valence-corrected chi connectivity index (χ0v) is 10.7. The first-order valence-electron chi connectivity index (χ1n) is 5.62. The number of nitrogen functional groups attached to an aromatic ring is 1. The molecule has 19 heavy (non-hydrogen) atoms. The molecule has 0 fully saturated rings. The van der Waals surface area contributed by atoms with Crippen LogP contribution in [0.15, 0.2) is 41.0 Å². The van der Waals surface area contributed by atoms with E-state index in [1.54, 1.807) is 24.1 Å². The first-order chi connectivity index (χ1) is 9.24. The van der Waals surface area contributed by atoms with Crippen molar-refractivity contribution in [2.24, 2.45) is 0 Å². The molecule has 96 valence electrons. The highest BCUT2D eigenvalue weighted by Gasteiger charge is 2.09. The van der Waals surface area contributed by atoms with E-state index in [9.17, 15) is 4.79 Å². The van der Waals surface area contributed by atoms with Gasteiger partial charge in [0.05, 0.1) is 24.8 Å². The summed E-state index contributed by atoms with van der Waals surface area (Å²) in [6, 6.07) is 3.72. The Morgan fingerprint density at radius 3 is 3.11 bits per heavy atom. The minimum absolute atomic E-state index is 0.0578. The molecular formula is C12H11N5OS. The van der Waals surface area contributed by atoms with Gasteiger partial charge in [-0.05, 0) is 12.1 Å². The van der Waals surface area contributed by atoms with Crippen molar-refractivity contribution in [2.75, 3.05) is 5.73 Å². The summed E-state index contributed by atoms with van der Waals surface area (Å²) in [5.74, 6) is 0.461. The number of H-pyrrole nitrogens is 1. The number of pyridine rings is 1. The number of nitrogens with two attached hydrogens (primary N) is 1. The molecule has 0 saturated carbocycles. The number of hydrogen-bond donors (Lipinski definition) is 2. The minimum atomic E-state index is -0.0578. The lowest BCUT2D eigenvalue weighted by atomic mass is 10.2. The Labute approximate surface area is 112 Å². The average molecular weight is 273 g/mol. The molecule has 0 saturated heterocycles. The molecule has 3 rings (SSSR count). The molecule has 3 heterocycles. The van der Waals surface area contributed by atoms with E-state index in [0.717, 1.165) is 28.3 Å². The van der Waals surface area contributed by atoms with Crippen molar-refractivity contribution in [3.63, 3.8) is 0 Å². The first-order valence-corrected chi connectivity index (χ1v) is 6.49. The normalized spacial score (nSPS) is 10.7. The topological polar surface area (TPSA) is 89.6 Å². The third kappa shape index (κ3) is 2.27. The van der Waals surface area contributed by atoms with Crippen molar-refractivity contribution in [1.82, 2.24) is 19.5 Å². The number of anilines is 1. The standard InChI is InChI=1S/C12H11N5OS/c13-11-9(2-1-3-15-11)10-4-14-7-17(10)5-8-6-19-12(18)16-8/h1-4,6-7H,5H2,(H2,13,15)(H,16,18). The zero-order chi connectivity index (χ0) is 13.2. The van der Waals surface area contributed by atoms with E-state index in [4.69, 9.17) is 5.73 Å². The highest BCUT2D eigenvalue weighted by atomic mass is 32.1. The Morgan fingerprint density at radius 1 is 1.47 bits per heavy atom. The fourth-order valence-electron chi connectivity index (χ4n) is 1.88. The van der Waals surface area contributed by atoms with Crippen molar-refractivity contribution in [3.05, 3.63) is 51.6 Å². The maximum Gasteiger partial charge on any atom is 0.304 e. The zero-order valence-electron chi connectivity index (χ0n) is 9.91. The van der Waals surface area contributed by atoms with E-state index < -0.39 is 0 Å². The van der Waals surface area contributed by atoms with Crippen LogP contribution < -0.4 is 10.6 Å². The molecule has 0 atom stereocenters. The second kappa shape index (κ2) is 4.69. The van der Waals surface area contributed by atoms with E-state index in [-0.39, 0.29) is 4.87 Å². The summed E-state index contributed by atoms with van der Waals surface area (Å²) in [5.41, 5.74) is 8.42. The van der Waals surface area contributed by atoms with Gasteiger partial charge in [0.15, 0.2) is 0 Å². The molecule has 0 unspecified atom stereocenters. The number of nitrogens with one attached hydrogen (secondary N) is 1. The monoisotopic (exact) mass is 273 g/mol. The van der Waals surface area contributed by atoms with Crippen LogP contribution in [0.4, 0.5) is 5.82 Å². The Morgan fingerprint density at radius 2 is 2.37 bits per heavy atom. The molecule has 7 heteroatoms. The van der Waals surface area contributed by atoms with Gasteiger partial charge in [0.25, 0.3) is 0 Å². The smallest absolute Gasteiger partial charge is 0.304 e. The van der Waals surface area contributed by atoms with Gasteiger partial charge in [-0.25, -0.2) is 9.97 Å². The SMILES string of the molecule is Nc1ncccc1-c1cncn1Cc1csc(=O)[nH]1. The predicted octanol–water partition coefficient (Wildman–Crippen LogP) is 1.33. The van der Waals surface area contributed by atoms with Gasteiger partial charge < -0.3 is 15.3 Å². The summed E-state index contributed by atoms with van der Waals surface area (Å²) >= 11 is 1.15. The number of nitrogens with zero attached hydrogens (tertiary/aromatic N) is 3. The van der Waals surface area contributed by atoms with Crippen LogP contribution in [0.3, 0.4) is 0 Å². The summed E-state index contributed by atoms with van der Waals surface area (Å²) in [4.78, 5) is 22.1. The summed E-state index contributed by atoms with van der Waals surface area (Å²) in [6.07, 6.45) is 5.09. The molecule has 0 aliphatic rings. The van der Waals surface area contributed by atoms with Crippen LogP contribution in [0.25, 0.3) is 11.3 Å². The molecule has 3 aromatic heterocycles. The highest BCUT2D eigenvalue weighted by molar-refractivity contribution is 7.07. The van der Waals surface area contributed by atoms with Crippen LogP contribution >= 0.6 is 11.3 Å². The van der Waals surface area contributed by atoms with E-state index in [2.05, 4.69) is 15.0 Å². The molecule has 0 radical (unpaired) electrons. The summed E-state index contributed by atoms with van der Waals surface area (Å²) in [5, 5.41) is 1.80. The molecule has 0 aliphatic heterocycles. The molecule has 3 aromatic rings. The predicted molar refractivity (Wildman–Crippen MR) is 73.9 cm³/mol. The molecular weight excluding hydrogens is 262 g/mol. The number of rotatable bonds is 3. The first kappa shape index (κ1) is 11.7. The van der Waals surface area contributed by atoms with E-state index in [0.29, 0.717) is 12.4 Å². The van der Waals surface area contributed by atoms with Crippen molar-refractivity contribution < 1.29 is 0 Å². The average Bonchev–Trinajstić information content (AvgIpc) is 3.00. The third-order valence-corrected chi connectivity index (χ3v) is 3.46. The van der Waals surface area contributed by atoms with Gasteiger partial charge in [-0.1, -0.05) is 11.3 Å². The van der Waals surface area contributed by atoms with Gasteiger partial charge in [0.2, 0.25) is 0 Å². The number of thiazole rings is 1. The maximum atomic E-state index is 11.1. The van der Waals surface area contributed by atoms with Crippen molar-refractivity contribution >= 4 is 17.2 Å². The molecule has 3 N–H and O–H groups in total. The van der Waals surface area contributed by atoms with E-state index >= 15 is 0 Å². The number of imidazole rings is 1. The lowest BCUT2D eigenvalue weighted by Gasteiger charge is -2.08. The largest absolute Gasteiger partial charge is 0.383 e. The Bertz CT molecular complexity index is 757. The Hall–Kier alpha value is -2.41. The lowest BCUT2D eigenvalue weighted by Crippen LogP contribution is -2.04.